The summed E-state index contributed by atoms with van der Waals surface area (Å²) in [7, 11) is 10.5. The molecule has 0 aromatic heterocycles. The van der Waals surface area contributed by atoms with E-state index in [4.69, 9.17) is 0 Å². The number of hydrogen-bond donors (Lipinski definition) is 0. The molecule has 10 aromatic carbocycles. The molecule has 5 heterocycles. The Kier molecular flexibility index (Phi) is 39.0. The first-order valence-electron chi connectivity index (χ1n) is 42.6. The Bertz CT molecular complexity index is 3710. The summed E-state index contributed by atoms with van der Waals surface area (Å²) >= 11 is 0. The van der Waals surface area contributed by atoms with Crippen LogP contribution in [0.25, 0.3) is 0 Å². The van der Waals surface area contributed by atoms with E-state index in [1.54, 1.807) is 0 Å². The summed E-state index contributed by atoms with van der Waals surface area (Å²) in [5.41, 5.74) is 12.6. The number of Topliss-reactive ketones (excluding diaryl/α,β-unsaturated/α-hetero) is 1. The van der Waals surface area contributed by atoms with Crippen LogP contribution in [0, 0.1) is 74.1 Å². The molecule has 6 fully saturated rings. The van der Waals surface area contributed by atoms with Crippen LogP contribution in [0.2, 0.25) is 0 Å². The molecular weight excluding hydrogens is 1480 g/mol. The van der Waals surface area contributed by atoms with Gasteiger partial charge in [0.25, 0.3) is 0 Å². The van der Waals surface area contributed by atoms with Gasteiger partial charge >= 0.3 is 5.97 Å². The number of methoxy groups -OCH3 is 1. The van der Waals surface area contributed by atoms with Crippen LogP contribution in [-0.4, -0.2) is 136 Å². The molecule has 2 unspecified atom stereocenters. The lowest BCUT2D eigenvalue weighted by Crippen LogP contribution is -2.44. The fraction of sp³-hybridized carbons (Fsp3) is 0.404. The number of nitrogens with zero attached hydrogens (tertiary/aromatic N) is 4. The van der Waals surface area contributed by atoms with Gasteiger partial charge in [-0.2, -0.15) is 0 Å². The molecule has 16 rings (SSSR count). The molecular formula is C104H136N4O3S4+4. The van der Waals surface area contributed by atoms with Crippen molar-refractivity contribution in [1.82, 2.24) is 19.6 Å². The van der Waals surface area contributed by atoms with E-state index in [1.807, 2.05) is 30.3 Å². The van der Waals surface area contributed by atoms with E-state index >= 15 is 0 Å². The van der Waals surface area contributed by atoms with E-state index in [-0.39, 0.29) is 44.6 Å². The number of fused-ring (bicyclic) bond motifs is 1. The van der Waals surface area contributed by atoms with Gasteiger partial charge in [-0.25, -0.2) is 0 Å². The number of esters is 1. The van der Waals surface area contributed by atoms with Crippen LogP contribution in [0.1, 0.15) is 157 Å². The van der Waals surface area contributed by atoms with Gasteiger partial charge in [0.05, 0.1) is 45.7 Å². The van der Waals surface area contributed by atoms with Crippen LogP contribution in [0.15, 0.2) is 293 Å². The Labute approximate surface area is 707 Å². The third-order valence-corrected chi connectivity index (χ3v) is 31.6. The third-order valence-electron chi connectivity index (χ3n) is 22.5. The van der Waals surface area contributed by atoms with Crippen molar-refractivity contribution in [2.24, 2.45) is 11.8 Å². The first kappa shape index (κ1) is 91.5. The van der Waals surface area contributed by atoms with E-state index < -0.39 is 0 Å². The van der Waals surface area contributed by atoms with E-state index in [1.165, 1.54) is 229 Å². The van der Waals surface area contributed by atoms with Crippen LogP contribution >= 0.6 is 0 Å². The highest BCUT2D eigenvalue weighted by molar-refractivity contribution is 7.98. The predicted molar refractivity (Wildman–Crippen MR) is 497 cm³/mol. The second kappa shape index (κ2) is 49.1. The fourth-order valence-corrected chi connectivity index (χ4v) is 23.6. The van der Waals surface area contributed by atoms with Crippen molar-refractivity contribution < 1.29 is 14.3 Å². The number of ether oxygens (including phenoxy) is 1. The highest BCUT2D eigenvalue weighted by atomic mass is 32.2. The van der Waals surface area contributed by atoms with Crippen molar-refractivity contribution in [2.45, 2.75) is 209 Å². The number of piperidine rings is 3. The van der Waals surface area contributed by atoms with Gasteiger partial charge < -0.3 is 24.3 Å². The van der Waals surface area contributed by atoms with Crippen LogP contribution in [0.3, 0.4) is 0 Å². The standard InChI is InChI=1S/3C21H21S.C12H15OS.C10H19N.C8H15NO2.C6H13N.C5H11N/c3*1-16-4-10-19(11-5-16)22(20-12-6-17(2)7-13-20)21-14-8-18(3)9-15-21;13-12(10-14-8-4-5-9-14)11-6-2-1-3-7-11;1-11-8-4-6-9-5-2-3-7-10(9)11;1-9-5-3-7(4-6-9)8(10)11-2;1-7-5-3-2-4-6-7;1-6-4-2-3-5-6/h3*4-15H,1-3H3;1-3,6-7H,4-5,8-10H2;9-10H,2-8H2,1H3;7H,3-6H2,1-2H3;2-6H2,1H3;2-5H2,1H3/q4*+1;;;;. The average Bonchev–Trinajstić information content (AvgIpc) is 1.71. The second-order valence-corrected chi connectivity index (χ2v) is 41.0. The molecule has 0 radical (unpaired) electrons. The number of hydrogen-bond acceptors (Lipinski definition) is 7. The molecule has 0 amide bonds. The molecule has 10 aromatic rings. The lowest BCUT2D eigenvalue weighted by Gasteiger charge is -2.42. The predicted octanol–water partition coefficient (Wildman–Crippen LogP) is 24.0. The number of carbonyl (C=O) groups excluding carboxylic acids is 2. The highest BCUT2D eigenvalue weighted by Crippen LogP contribution is 2.37. The van der Waals surface area contributed by atoms with Gasteiger partial charge in [0, 0.05) is 11.6 Å². The summed E-state index contributed by atoms with van der Waals surface area (Å²) in [6.07, 6.45) is 20.6. The van der Waals surface area contributed by atoms with Crippen molar-refractivity contribution in [3.05, 3.63) is 304 Å². The lowest BCUT2D eigenvalue weighted by molar-refractivity contribution is -0.146. The molecule has 1 saturated carbocycles. The van der Waals surface area contributed by atoms with Crippen molar-refractivity contribution in [3.8, 4) is 0 Å². The Balaban J connectivity index is 0.000000155. The lowest BCUT2D eigenvalue weighted by atomic mass is 9.79. The van der Waals surface area contributed by atoms with Crippen molar-refractivity contribution in [1.29, 1.82) is 0 Å². The Morgan fingerprint density at radius 3 is 0.843 bits per heavy atom. The monoisotopic (exact) mass is 1620 g/mol. The van der Waals surface area contributed by atoms with Crippen LogP contribution in [0.4, 0.5) is 0 Å². The number of likely N-dealkylation sites (tertiary alicyclic amines) is 4. The summed E-state index contributed by atoms with van der Waals surface area (Å²) in [5.74, 6) is 4.83. The molecule has 2 atom stereocenters. The smallest absolute Gasteiger partial charge is 0.308 e. The molecule has 6 aliphatic rings. The zero-order valence-corrected chi connectivity index (χ0v) is 75.5. The molecule has 610 valence electrons. The van der Waals surface area contributed by atoms with Gasteiger partial charge in [-0.3, -0.25) is 9.59 Å². The van der Waals surface area contributed by atoms with Gasteiger partial charge in [-0.1, -0.05) is 209 Å². The first-order chi connectivity index (χ1) is 55.7. The number of rotatable bonds is 13. The van der Waals surface area contributed by atoms with E-state index in [9.17, 15) is 9.59 Å². The van der Waals surface area contributed by atoms with Crippen LogP contribution in [0.5, 0.6) is 0 Å². The normalized spacial score (nSPS) is 17.1. The summed E-state index contributed by atoms with van der Waals surface area (Å²) in [4.78, 5) is 44.8. The van der Waals surface area contributed by atoms with E-state index in [2.05, 4.69) is 333 Å². The van der Waals surface area contributed by atoms with Crippen molar-refractivity contribution in [2.75, 3.05) is 98.4 Å². The number of ketones is 1. The quantitative estimate of drug-likeness (QED) is 0.0648. The first-order valence-corrected chi connectivity index (χ1v) is 48.0. The number of benzene rings is 10. The minimum Gasteiger partial charge on any atom is -0.469 e. The van der Waals surface area contributed by atoms with Crippen LogP contribution < -0.4 is 0 Å². The average molecular weight is 1620 g/mol. The summed E-state index contributed by atoms with van der Waals surface area (Å²) in [6.45, 7) is 27.9. The maximum atomic E-state index is 11.8. The Morgan fingerprint density at radius 1 is 0.313 bits per heavy atom. The molecule has 0 spiro atoms. The Hall–Kier alpha value is -7.42. The van der Waals surface area contributed by atoms with Gasteiger partial charge in [0.1, 0.15) is 11.5 Å². The van der Waals surface area contributed by atoms with E-state index in [0.717, 1.165) is 49.2 Å². The molecule has 0 N–H and O–H groups in total. The SMILES string of the molecule is CN1CCCC1.CN1CCCC2CCCCC21.CN1CCCCC1.COC(=O)C1CCN(C)CC1.Cc1ccc([S+](c2ccc(C)cc2)c2ccc(C)cc2)cc1.Cc1ccc([S+](c2ccc(C)cc2)c2ccc(C)cc2)cc1.Cc1ccc([S+](c2ccc(C)cc2)c2ccc(C)cc2)cc1.O=C(C[S+]1CCCC1)c1ccccc1. The van der Waals surface area contributed by atoms with Crippen LogP contribution in [-0.2, 0) is 53.1 Å². The largest absolute Gasteiger partial charge is 0.469 e. The highest BCUT2D eigenvalue weighted by Gasteiger charge is 2.34. The van der Waals surface area contributed by atoms with Gasteiger partial charge in [-0.15, -0.1) is 0 Å². The third kappa shape index (κ3) is 31.1. The van der Waals surface area contributed by atoms with Gasteiger partial charge in [0.15, 0.2) is 49.8 Å². The molecule has 7 nitrogen and oxygen atoms in total. The van der Waals surface area contributed by atoms with Gasteiger partial charge in [-0.05, 0) is 339 Å². The minimum atomic E-state index is -0.0434. The zero-order chi connectivity index (χ0) is 81.9. The minimum absolute atomic E-state index is 0.0394. The maximum Gasteiger partial charge on any atom is 0.308 e. The summed E-state index contributed by atoms with van der Waals surface area (Å²) in [5, 5.41) is 0. The number of carbonyl (C=O) groups is 2. The number of aryl methyl sites for hydroxylation is 9. The van der Waals surface area contributed by atoms with Crippen molar-refractivity contribution >= 4 is 55.3 Å². The molecule has 5 aliphatic heterocycles. The zero-order valence-electron chi connectivity index (χ0n) is 72.2. The molecule has 1 aliphatic carbocycles. The Morgan fingerprint density at radius 2 is 0.583 bits per heavy atom. The maximum absolute atomic E-state index is 11.8. The topological polar surface area (TPSA) is 56.3 Å². The molecule has 11 heteroatoms. The van der Waals surface area contributed by atoms with Gasteiger partial charge in [0.2, 0.25) is 5.78 Å². The molecule has 5 saturated heterocycles. The molecule has 0 bridgehead atoms. The summed E-state index contributed by atoms with van der Waals surface area (Å²) in [6, 6.07) is 91.0. The fourth-order valence-electron chi connectivity index (χ4n) is 15.3. The van der Waals surface area contributed by atoms with E-state index in [0.29, 0.717) is 16.7 Å². The van der Waals surface area contributed by atoms with Crippen molar-refractivity contribution in [3.63, 3.8) is 0 Å². The second-order valence-electron chi connectivity index (χ2n) is 32.6. The summed E-state index contributed by atoms with van der Waals surface area (Å²) < 4.78 is 4.67. The molecule has 115 heavy (non-hydrogen) atoms.